The molecular weight excluding hydrogens is 276 g/mol. The van der Waals surface area contributed by atoms with Gasteiger partial charge in [0.25, 0.3) is 0 Å². The minimum absolute atomic E-state index is 0.233. The van der Waals surface area contributed by atoms with Crippen LogP contribution < -0.4 is 4.74 Å². The van der Waals surface area contributed by atoms with E-state index in [9.17, 15) is 5.11 Å². The highest BCUT2D eigenvalue weighted by Gasteiger charge is 2.26. The maximum atomic E-state index is 9.91. The molecule has 1 N–H and O–H groups in total. The zero-order valence-electron chi connectivity index (χ0n) is 12.3. The number of aromatic nitrogens is 2. The van der Waals surface area contributed by atoms with Crippen molar-refractivity contribution in [3.63, 3.8) is 0 Å². The standard InChI is InChI=1S/C18H16N2O2/c1-22-15-10-13(11-7-8-11)9-14-16(12-5-3-2-4-6-12)19-18(21)20-17(14)15/h2-6,9-11H,7-8H2,1H3,(H,19,20,21). The Labute approximate surface area is 128 Å². The van der Waals surface area contributed by atoms with Crippen LogP contribution in [0.1, 0.15) is 24.3 Å². The van der Waals surface area contributed by atoms with Gasteiger partial charge in [0, 0.05) is 10.9 Å². The van der Waals surface area contributed by atoms with Crippen LogP contribution in [0.5, 0.6) is 11.8 Å². The van der Waals surface area contributed by atoms with Gasteiger partial charge in [-0.15, -0.1) is 0 Å². The molecule has 2 aromatic carbocycles. The summed E-state index contributed by atoms with van der Waals surface area (Å²) in [6, 6.07) is 13.8. The van der Waals surface area contributed by atoms with Gasteiger partial charge in [0.1, 0.15) is 11.3 Å². The van der Waals surface area contributed by atoms with Crippen LogP contribution >= 0.6 is 0 Å². The molecule has 1 aliphatic carbocycles. The Balaban J connectivity index is 2.04. The Kier molecular flexibility index (Phi) is 2.96. The third-order valence-electron chi connectivity index (χ3n) is 4.09. The van der Waals surface area contributed by atoms with Gasteiger partial charge >= 0.3 is 6.01 Å². The van der Waals surface area contributed by atoms with E-state index in [1.165, 1.54) is 18.4 Å². The van der Waals surface area contributed by atoms with Crippen LogP contribution in [-0.2, 0) is 0 Å². The first-order chi connectivity index (χ1) is 10.8. The number of rotatable bonds is 3. The predicted octanol–water partition coefficient (Wildman–Crippen LogP) is 3.89. The summed E-state index contributed by atoms with van der Waals surface area (Å²) in [5, 5.41) is 10.8. The molecule has 4 heteroatoms. The lowest BCUT2D eigenvalue weighted by Crippen LogP contribution is -1.95. The molecule has 1 aromatic heterocycles. The summed E-state index contributed by atoms with van der Waals surface area (Å²) >= 11 is 0. The fourth-order valence-electron chi connectivity index (χ4n) is 2.83. The first-order valence-electron chi connectivity index (χ1n) is 7.40. The molecule has 4 rings (SSSR count). The van der Waals surface area contributed by atoms with Crippen LogP contribution in [0.15, 0.2) is 42.5 Å². The van der Waals surface area contributed by atoms with Crippen LogP contribution in [0, 0.1) is 0 Å². The van der Waals surface area contributed by atoms with Crippen molar-refractivity contribution in [3.8, 4) is 23.0 Å². The maximum Gasteiger partial charge on any atom is 0.315 e. The Morgan fingerprint density at radius 3 is 2.55 bits per heavy atom. The highest BCUT2D eigenvalue weighted by Crippen LogP contribution is 2.44. The third-order valence-corrected chi connectivity index (χ3v) is 4.09. The molecule has 22 heavy (non-hydrogen) atoms. The molecule has 3 aromatic rings. The highest BCUT2D eigenvalue weighted by molar-refractivity contribution is 5.96. The van der Waals surface area contributed by atoms with Crippen molar-refractivity contribution in [1.29, 1.82) is 0 Å². The zero-order chi connectivity index (χ0) is 15.1. The van der Waals surface area contributed by atoms with Gasteiger partial charge in [0.15, 0.2) is 0 Å². The summed E-state index contributed by atoms with van der Waals surface area (Å²) in [6.45, 7) is 0. The van der Waals surface area contributed by atoms with E-state index < -0.39 is 0 Å². The quantitative estimate of drug-likeness (QED) is 0.795. The average Bonchev–Trinajstić information content (AvgIpc) is 3.39. The molecular formula is C18H16N2O2. The van der Waals surface area contributed by atoms with Gasteiger partial charge in [-0.05, 0) is 36.5 Å². The van der Waals surface area contributed by atoms with E-state index in [1.807, 2.05) is 36.4 Å². The average molecular weight is 292 g/mol. The summed E-state index contributed by atoms with van der Waals surface area (Å²) in [6.07, 6.45) is 2.43. The Morgan fingerprint density at radius 2 is 1.86 bits per heavy atom. The van der Waals surface area contributed by atoms with Gasteiger partial charge in [0.05, 0.1) is 12.8 Å². The molecule has 1 fully saturated rings. The van der Waals surface area contributed by atoms with Gasteiger partial charge in [-0.3, -0.25) is 0 Å². The zero-order valence-corrected chi connectivity index (χ0v) is 12.3. The summed E-state index contributed by atoms with van der Waals surface area (Å²) < 4.78 is 5.49. The maximum absolute atomic E-state index is 9.91. The van der Waals surface area contributed by atoms with Crippen LogP contribution in [-0.4, -0.2) is 22.2 Å². The molecule has 0 aliphatic heterocycles. The molecule has 4 nitrogen and oxygen atoms in total. The molecule has 1 saturated carbocycles. The van der Waals surface area contributed by atoms with Crippen molar-refractivity contribution in [3.05, 3.63) is 48.0 Å². The van der Waals surface area contributed by atoms with Crippen molar-refractivity contribution < 1.29 is 9.84 Å². The second kappa shape index (κ2) is 4.98. The Morgan fingerprint density at radius 1 is 1.09 bits per heavy atom. The van der Waals surface area contributed by atoms with Crippen molar-refractivity contribution in [1.82, 2.24) is 9.97 Å². The smallest absolute Gasteiger partial charge is 0.315 e. The first kappa shape index (κ1) is 13.1. The van der Waals surface area contributed by atoms with Crippen LogP contribution in [0.25, 0.3) is 22.2 Å². The summed E-state index contributed by atoms with van der Waals surface area (Å²) in [4.78, 5) is 8.43. The van der Waals surface area contributed by atoms with E-state index in [-0.39, 0.29) is 6.01 Å². The van der Waals surface area contributed by atoms with Crippen molar-refractivity contribution in [2.75, 3.05) is 7.11 Å². The van der Waals surface area contributed by atoms with Gasteiger partial charge < -0.3 is 9.84 Å². The van der Waals surface area contributed by atoms with E-state index in [0.717, 1.165) is 16.6 Å². The van der Waals surface area contributed by atoms with Crippen LogP contribution in [0.4, 0.5) is 0 Å². The van der Waals surface area contributed by atoms with Crippen molar-refractivity contribution >= 4 is 10.9 Å². The lowest BCUT2D eigenvalue weighted by Gasteiger charge is -2.12. The lowest BCUT2D eigenvalue weighted by molar-refractivity contribution is 0.413. The number of hydrogen-bond donors (Lipinski definition) is 1. The summed E-state index contributed by atoms with van der Waals surface area (Å²) in [7, 11) is 1.63. The fraction of sp³-hybridized carbons (Fsp3) is 0.222. The Hall–Kier alpha value is -2.62. The largest absolute Gasteiger partial charge is 0.494 e. The van der Waals surface area contributed by atoms with Gasteiger partial charge in [-0.1, -0.05) is 30.3 Å². The number of hydrogen-bond acceptors (Lipinski definition) is 4. The molecule has 0 amide bonds. The van der Waals surface area contributed by atoms with Crippen LogP contribution in [0.2, 0.25) is 0 Å². The minimum atomic E-state index is -0.233. The topological polar surface area (TPSA) is 55.2 Å². The van der Waals surface area contributed by atoms with E-state index >= 15 is 0 Å². The molecule has 0 bridgehead atoms. The number of methoxy groups -OCH3 is 1. The monoisotopic (exact) mass is 292 g/mol. The molecule has 1 aliphatic rings. The minimum Gasteiger partial charge on any atom is -0.494 e. The van der Waals surface area contributed by atoms with E-state index in [4.69, 9.17) is 4.74 Å². The normalized spacial score (nSPS) is 14.2. The van der Waals surface area contributed by atoms with E-state index in [2.05, 4.69) is 16.0 Å². The summed E-state index contributed by atoms with van der Waals surface area (Å²) in [5.41, 5.74) is 3.61. The van der Waals surface area contributed by atoms with Crippen molar-refractivity contribution in [2.24, 2.45) is 0 Å². The second-order valence-corrected chi connectivity index (χ2v) is 5.63. The van der Waals surface area contributed by atoms with Gasteiger partial charge in [-0.2, -0.15) is 9.97 Å². The number of nitrogens with zero attached hydrogens (tertiary/aromatic N) is 2. The molecule has 0 saturated heterocycles. The number of fused-ring (bicyclic) bond motifs is 1. The Bertz CT molecular complexity index is 843. The van der Waals surface area contributed by atoms with Gasteiger partial charge in [-0.25, -0.2) is 0 Å². The molecule has 1 heterocycles. The molecule has 110 valence electrons. The SMILES string of the molecule is COc1cc(C2CC2)cc2c(-c3ccccc3)nc(O)nc12. The van der Waals surface area contributed by atoms with Gasteiger partial charge in [0.2, 0.25) is 0 Å². The highest BCUT2D eigenvalue weighted by atomic mass is 16.5. The van der Waals surface area contributed by atoms with E-state index in [0.29, 0.717) is 17.2 Å². The number of benzene rings is 2. The number of aromatic hydroxyl groups is 1. The second-order valence-electron chi connectivity index (χ2n) is 5.63. The van der Waals surface area contributed by atoms with Crippen molar-refractivity contribution in [2.45, 2.75) is 18.8 Å². The first-order valence-corrected chi connectivity index (χ1v) is 7.40. The molecule has 0 radical (unpaired) electrons. The number of ether oxygens (including phenoxy) is 1. The third kappa shape index (κ3) is 2.17. The fourth-order valence-corrected chi connectivity index (χ4v) is 2.83. The van der Waals surface area contributed by atoms with E-state index in [1.54, 1.807) is 7.11 Å². The predicted molar refractivity (Wildman–Crippen MR) is 85.2 cm³/mol. The molecule has 0 spiro atoms. The summed E-state index contributed by atoms with van der Waals surface area (Å²) in [5.74, 6) is 1.30. The molecule has 0 unspecified atom stereocenters. The van der Waals surface area contributed by atoms with Crippen LogP contribution in [0.3, 0.4) is 0 Å². The molecule has 0 atom stereocenters. The lowest BCUT2D eigenvalue weighted by atomic mass is 10.0.